The quantitative estimate of drug-likeness (QED) is 0.647. The van der Waals surface area contributed by atoms with Gasteiger partial charge in [-0.05, 0) is 69.8 Å². The molecule has 0 atom stereocenters. The van der Waals surface area contributed by atoms with E-state index in [-0.39, 0.29) is 5.91 Å². The van der Waals surface area contributed by atoms with Crippen LogP contribution in [0.15, 0.2) is 24.5 Å². The predicted octanol–water partition coefficient (Wildman–Crippen LogP) is 4.84. The monoisotopic (exact) mass is 475 g/mol. The number of likely N-dealkylation sites (tertiary alicyclic amines) is 2. The van der Waals surface area contributed by atoms with E-state index in [0.29, 0.717) is 34.1 Å². The molecule has 0 radical (unpaired) electrons. The van der Waals surface area contributed by atoms with Crippen LogP contribution in [0.4, 0.5) is 5.82 Å². The van der Waals surface area contributed by atoms with Crippen LogP contribution in [-0.4, -0.2) is 64.4 Å². The molecule has 2 aliphatic rings. The van der Waals surface area contributed by atoms with Crippen molar-refractivity contribution in [2.75, 3.05) is 38.0 Å². The number of hydrogen-bond acceptors (Lipinski definition) is 5. The molecule has 2 aromatic rings. The molecule has 3 heterocycles. The number of rotatable bonds is 6. The molecule has 1 aromatic heterocycles. The SMILES string of the molecule is Cc1c(NCCc2ccc(Cl)c(Cl)c2)ncnc1C(=O)N1CCC(N2CCCCC2)CC1. The van der Waals surface area contributed by atoms with Crippen LogP contribution in [-0.2, 0) is 6.42 Å². The fourth-order valence-corrected chi connectivity index (χ4v) is 5.05. The van der Waals surface area contributed by atoms with E-state index in [2.05, 4.69) is 20.2 Å². The normalized spacial score (nSPS) is 18.0. The number of piperidine rings is 2. The highest BCUT2D eigenvalue weighted by atomic mass is 35.5. The summed E-state index contributed by atoms with van der Waals surface area (Å²) >= 11 is 12.1. The molecule has 1 amide bonds. The lowest BCUT2D eigenvalue weighted by Gasteiger charge is -2.40. The van der Waals surface area contributed by atoms with Gasteiger partial charge in [-0.3, -0.25) is 4.79 Å². The maximum Gasteiger partial charge on any atom is 0.272 e. The Morgan fingerprint density at radius 3 is 2.53 bits per heavy atom. The molecule has 6 nitrogen and oxygen atoms in total. The average molecular weight is 476 g/mol. The number of aromatic nitrogens is 2. The van der Waals surface area contributed by atoms with Crippen molar-refractivity contribution in [1.82, 2.24) is 19.8 Å². The number of halogens is 2. The third-order valence-corrected chi connectivity index (χ3v) is 7.37. The van der Waals surface area contributed by atoms with Crippen molar-refractivity contribution in [3.8, 4) is 0 Å². The van der Waals surface area contributed by atoms with Crippen LogP contribution in [0.25, 0.3) is 0 Å². The Balaban J connectivity index is 1.33. The molecule has 0 bridgehead atoms. The molecule has 172 valence electrons. The third kappa shape index (κ3) is 5.53. The second-order valence-corrected chi connectivity index (χ2v) is 9.56. The second-order valence-electron chi connectivity index (χ2n) is 8.74. The lowest BCUT2D eigenvalue weighted by Crippen LogP contribution is -2.48. The summed E-state index contributed by atoms with van der Waals surface area (Å²) in [4.78, 5) is 26.4. The molecule has 0 aliphatic carbocycles. The van der Waals surface area contributed by atoms with Gasteiger partial charge in [-0.2, -0.15) is 0 Å². The van der Waals surface area contributed by atoms with Crippen LogP contribution in [0.1, 0.15) is 53.7 Å². The first-order chi connectivity index (χ1) is 15.5. The minimum absolute atomic E-state index is 0.00882. The molecule has 2 aliphatic heterocycles. The smallest absolute Gasteiger partial charge is 0.272 e. The zero-order chi connectivity index (χ0) is 22.5. The standard InChI is InChI=1S/C24H31Cl2N5O/c1-17-22(24(32)31-13-8-19(9-14-31)30-11-3-2-4-12-30)28-16-29-23(17)27-10-7-18-5-6-20(25)21(26)15-18/h5-6,15-16,19H,2-4,7-14H2,1H3,(H,27,28,29). The topological polar surface area (TPSA) is 61.4 Å². The van der Waals surface area contributed by atoms with E-state index in [1.165, 1.54) is 38.7 Å². The fourth-order valence-electron chi connectivity index (χ4n) is 4.73. The summed E-state index contributed by atoms with van der Waals surface area (Å²) in [5, 5.41) is 4.45. The molecule has 4 rings (SSSR count). The Labute approximate surface area is 200 Å². The summed E-state index contributed by atoms with van der Waals surface area (Å²) in [5.74, 6) is 0.709. The molecule has 0 saturated carbocycles. The molecule has 0 spiro atoms. The van der Waals surface area contributed by atoms with Crippen molar-refractivity contribution in [3.05, 3.63) is 51.4 Å². The molecule has 0 unspecified atom stereocenters. The van der Waals surface area contributed by atoms with E-state index < -0.39 is 0 Å². The van der Waals surface area contributed by atoms with E-state index >= 15 is 0 Å². The number of anilines is 1. The number of hydrogen-bond donors (Lipinski definition) is 1. The van der Waals surface area contributed by atoms with Crippen molar-refractivity contribution in [2.45, 2.75) is 51.5 Å². The first-order valence-corrected chi connectivity index (χ1v) is 12.3. The van der Waals surface area contributed by atoms with E-state index in [0.717, 1.165) is 43.5 Å². The van der Waals surface area contributed by atoms with Gasteiger partial charge in [0.25, 0.3) is 5.91 Å². The highest BCUT2D eigenvalue weighted by Crippen LogP contribution is 2.24. The molecule has 2 saturated heterocycles. The minimum Gasteiger partial charge on any atom is -0.369 e. The van der Waals surface area contributed by atoms with Gasteiger partial charge < -0.3 is 15.1 Å². The van der Waals surface area contributed by atoms with E-state index in [4.69, 9.17) is 23.2 Å². The zero-order valence-electron chi connectivity index (χ0n) is 18.6. The Kier molecular flexibility index (Phi) is 7.87. The van der Waals surface area contributed by atoms with Gasteiger partial charge >= 0.3 is 0 Å². The Morgan fingerprint density at radius 1 is 1.06 bits per heavy atom. The summed E-state index contributed by atoms with van der Waals surface area (Å²) in [7, 11) is 0. The maximum absolute atomic E-state index is 13.2. The summed E-state index contributed by atoms with van der Waals surface area (Å²) in [6.45, 7) is 6.59. The van der Waals surface area contributed by atoms with Gasteiger partial charge in [0, 0.05) is 31.2 Å². The van der Waals surface area contributed by atoms with Gasteiger partial charge in [-0.15, -0.1) is 0 Å². The number of nitrogens with zero attached hydrogens (tertiary/aromatic N) is 4. The van der Waals surface area contributed by atoms with Crippen LogP contribution >= 0.6 is 23.2 Å². The molecule has 8 heteroatoms. The van der Waals surface area contributed by atoms with E-state index in [1.807, 2.05) is 24.0 Å². The highest BCUT2D eigenvalue weighted by molar-refractivity contribution is 6.42. The predicted molar refractivity (Wildman–Crippen MR) is 130 cm³/mol. The van der Waals surface area contributed by atoms with Crippen molar-refractivity contribution < 1.29 is 4.79 Å². The first-order valence-electron chi connectivity index (χ1n) is 11.6. The number of carbonyl (C=O) groups is 1. The van der Waals surface area contributed by atoms with Gasteiger partial charge in [-0.25, -0.2) is 9.97 Å². The van der Waals surface area contributed by atoms with E-state index in [9.17, 15) is 4.79 Å². The van der Waals surface area contributed by atoms with Crippen molar-refractivity contribution in [2.24, 2.45) is 0 Å². The minimum atomic E-state index is 0.00882. The van der Waals surface area contributed by atoms with Crippen LogP contribution in [0, 0.1) is 6.92 Å². The summed E-state index contributed by atoms with van der Waals surface area (Å²) in [6.07, 6.45) is 8.30. The molecule has 1 aromatic carbocycles. The highest BCUT2D eigenvalue weighted by Gasteiger charge is 2.29. The third-order valence-electron chi connectivity index (χ3n) is 6.64. The van der Waals surface area contributed by atoms with Crippen LogP contribution in [0.3, 0.4) is 0 Å². The summed E-state index contributed by atoms with van der Waals surface area (Å²) in [6, 6.07) is 6.26. The Bertz CT molecular complexity index is 940. The molecule has 32 heavy (non-hydrogen) atoms. The van der Waals surface area contributed by atoms with Gasteiger partial charge in [0.05, 0.1) is 10.0 Å². The Hall–Kier alpha value is -1.89. The van der Waals surface area contributed by atoms with Gasteiger partial charge in [0.1, 0.15) is 17.8 Å². The molecule has 2 fully saturated rings. The lowest BCUT2D eigenvalue weighted by atomic mass is 9.99. The summed E-state index contributed by atoms with van der Waals surface area (Å²) in [5.41, 5.74) is 2.38. The molecular formula is C24H31Cl2N5O. The first kappa shape index (κ1) is 23.3. The molecular weight excluding hydrogens is 445 g/mol. The molecule has 1 N–H and O–H groups in total. The summed E-state index contributed by atoms with van der Waals surface area (Å²) < 4.78 is 0. The number of benzene rings is 1. The van der Waals surface area contributed by atoms with Crippen molar-refractivity contribution in [3.63, 3.8) is 0 Å². The number of nitrogens with one attached hydrogen (secondary N) is 1. The lowest BCUT2D eigenvalue weighted by molar-refractivity contribution is 0.0584. The van der Waals surface area contributed by atoms with Gasteiger partial charge in [-0.1, -0.05) is 35.7 Å². The van der Waals surface area contributed by atoms with Crippen LogP contribution in [0.5, 0.6) is 0 Å². The van der Waals surface area contributed by atoms with Gasteiger partial charge in [0.15, 0.2) is 0 Å². The zero-order valence-corrected chi connectivity index (χ0v) is 20.1. The van der Waals surface area contributed by atoms with Crippen molar-refractivity contribution in [1.29, 1.82) is 0 Å². The van der Waals surface area contributed by atoms with Crippen LogP contribution in [0.2, 0.25) is 10.0 Å². The van der Waals surface area contributed by atoms with Crippen LogP contribution < -0.4 is 5.32 Å². The number of amides is 1. The Morgan fingerprint density at radius 2 is 1.81 bits per heavy atom. The van der Waals surface area contributed by atoms with Gasteiger partial charge in [0.2, 0.25) is 0 Å². The second kappa shape index (κ2) is 10.8. The maximum atomic E-state index is 13.2. The number of carbonyl (C=O) groups excluding carboxylic acids is 1. The van der Waals surface area contributed by atoms with E-state index in [1.54, 1.807) is 6.07 Å². The fraction of sp³-hybridized carbons (Fsp3) is 0.542. The van der Waals surface area contributed by atoms with Crippen molar-refractivity contribution >= 4 is 34.9 Å². The largest absolute Gasteiger partial charge is 0.369 e. The average Bonchev–Trinajstić information content (AvgIpc) is 2.83.